The zero-order valence-corrected chi connectivity index (χ0v) is 15.6. The van der Waals surface area contributed by atoms with Gasteiger partial charge >= 0.3 is 0 Å². The monoisotopic (exact) mass is 332 g/mol. The molecule has 4 aliphatic carbocycles. The molecule has 24 heavy (non-hydrogen) atoms. The average molecular weight is 333 g/mol. The van der Waals surface area contributed by atoms with E-state index in [1.165, 1.54) is 44.9 Å². The molecule has 0 radical (unpaired) electrons. The Morgan fingerprint density at radius 3 is 2.54 bits per heavy atom. The number of aliphatic hydroxyl groups excluding tert-OH is 2. The predicted molar refractivity (Wildman–Crippen MR) is 97.4 cm³/mol. The molecule has 2 N–H and O–H groups in total. The largest absolute Gasteiger partial charge is 0.393 e. The minimum atomic E-state index is -0.207. The van der Waals surface area contributed by atoms with Crippen LogP contribution in [0.1, 0.15) is 71.6 Å². The molecule has 1 unspecified atom stereocenters. The van der Waals surface area contributed by atoms with E-state index in [1.807, 2.05) is 6.92 Å². The highest BCUT2D eigenvalue weighted by atomic mass is 16.3. The van der Waals surface area contributed by atoms with E-state index in [4.69, 9.17) is 0 Å². The highest BCUT2D eigenvalue weighted by molar-refractivity contribution is 5.16. The first-order valence-corrected chi connectivity index (χ1v) is 10.4. The summed E-state index contributed by atoms with van der Waals surface area (Å²) in [5.74, 6) is 3.52. The summed E-state index contributed by atoms with van der Waals surface area (Å²) in [6.45, 7) is 8.79. The van der Waals surface area contributed by atoms with E-state index >= 15 is 0 Å². The third-order valence-electron chi connectivity index (χ3n) is 9.25. The molecular weight excluding hydrogens is 296 g/mol. The van der Waals surface area contributed by atoms with Gasteiger partial charge in [0.1, 0.15) is 0 Å². The topological polar surface area (TPSA) is 40.5 Å². The van der Waals surface area contributed by atoms with Crippen LogP contribution in [0.25, 0.3) is 0 Å². The van der Waals surface area contributed by atoms with E-state index in [2.05, 4.69) is 19.6 Å². The molecule has 2 heteroatoms. The van der Waals surface area contributed by atoms with E-state index in [9.17, 15) is 10.2 Å². The normalized spacial score (nSPS) is 55.2. The lowest BCUT2D eigenvalue weighted by Crippen LogP contribution is -2.54. The van der Waals surface area contributed by atoms with Gasteiger partial charge in [0.05, 0.1) is 12.2 Å². The minimum absolute atomic E-state index is 0.0541. The van der Waals surface area contributed by atoms with Gasteiger partial charge in [-0.3, -0.25) is 0 Å². The molecule has 4 fully saturated rings. The molecule has 0 amide bonds. The van der Waals surface area contributed by atoms with Crippen molar-refractivity contribution in [2.45, 2.75) is 83.8 Å². The van der Waals surface area contributed by atoms with Gasteiger partial charge in [-0.15, -0.1) is 6.58 Å². The van der Waals surface area contributed by atoms with Crippen molar-refractivity contribution in [1.82, 2.24) is 0 Å². The van der Waals surface area contributed by atoms with Crippen LogP contribution in [0.15, 0.2) is 12.7 Å². The molecule has 4 rings (SSSR count). The first kappa shape index (κ1) is 17.1. The van der Waals surface area contributed by atoms with Gasteiger partial charge in [0.15, 0.2) is 0 Å². The lowest BCUT2D eigenvalue weighted by atomic mass is 9.44. The Balaban J connectivity index is 1.64. The molecule has 4 aliphatic rings. The highest BCUT2D eigenvalue weighted by Crippen LogP contribution is 2.68. The van der Waals surface area contributed by atoms with Crippen LogP contribution in [-0.2, 0) is 0 Å². The summed E-state index contributed by atoms with van der Waals surface area (Å²) < 4.78 is 0. The summed E-state index contributed by atoms with van der Waals surface area (Å²) >= 11 is 0. The Bertz CT molecular complexity index is 500. The molecule has 9 atom stereocenters. The fraction of sp³-hybridized carbons (Fsp3) is 0.909. The van der Waals surface area contributed by atoms with Crippen LogP contribution in [0.5, 0.6) is 0 Å². The second kappa shape index (κ2) is 5.84. The predicted octanol–water partition coefficient (Wildman–Crippen LogP) is 4.55. The molecule has 2 nitrogen and oxygen atoms in total. The van der Waals surface area contributed by atoms with Crippen molar-refractivity contribution in [3.8, 4) is 0 Å². The van der Waals surface area contributed by atoms with Crippen LogP contribution in [-0.4, -0.2) is 22.4 Å². The number of hydrogen-bond donors (Lipinski definition) is 2. The van der Waals surface area contributed by atoms with Crippen molar-refractivity contribution in [3.63, 3.8) is 0 Å². The Labute approximate surface area is 147 Å². The second-order valence-electron chi connectivity index (χ2n) is 9.86. The maximum atomic E-state index is 10.4. The fourth-order valence-corrected chi connectivity index (χ4v) is 8.10. The molecular formula is C22H36O2. The number of aliphatic hydroxyl groups is 2. The van der Waals surface area contributed by atoms with Crippen molar-refractivity contribution >= 4 is 0 Å². The van der Waals surface area contributed by atoms with Gasteiger partial charge in [0, 0.05) is 0 Å². The molecule has 136 valence electrons. The molecule has 0 aliphatic heterocycles. The van der Waals surface area contributed by atoms with Gasteiger partial charge in [-0.25, -0.2) is 0 Å². The molecule has 4 saturated carbocycles. The van der Waals surface area contributed by atoms with Crippen molar-refractivity contribution in [1.29, 1.82) is 0 Å². The van der Waals surface area contributed by atoms with Crippen molar-refractivity contribution in [2.75, 3.05) is 0 Å². The maximum absolute atomic E-state index is 10.4. The van der Waals surface area contributed by atoms with Crippen molar-refractivity contribution < 1.29 is 10.2 Å². The van der Waals surface area contributed by atoms with Crippen molar-refractivity contribution in [3.05, 3.63) is 12.7 Å². The van der Waals surface area contributed by atoms with Gasteiger partial charge in [-0.2, -0.15) is 0 Å². The quantitative estimate of drug-likeness (QED) is 0.728. The number of allylic oxidation sites excluding steroid dienone is 1. The Morgan fingerprint density at radius 2 is 1.83 bits per heavy atom. The van der Waals surface area contributed by atoms with E-state index in [1.54, 1.807) is 0 Å². The molecule has 0 heterocycles. The minimum Gasteiger partial charge on any atom is -0.393 e. The summed E-state index contributed by atoms with van der Waals surface area (Å²) in [6, 6.07) is 0. The lowest BCUT2D eigenvalue weighted by molar-refractivity contribution is -0.125. The van der Waals surface area contributed by atoms with Gasteiger partial charge < -0.3 is 10.2 Å². The van der Waals surface area contributed by atoms with Crippen LogP contribution < -0.4 is 0 Å². The molecule has 0 aromatic heterocycles. The van der Waals surface area contributed by atoms with Crippen molar-refractivity contribution in [2.24, 2.45) is 40.4 Å². The molecule has 0 bridgehead atoms. The SMILES string of the molecule is C=C[C@]12CC[C@H]3[C@@H](CC[C@H]4C[C@H](O)CC[C@@]43C)[C@@H]1CCC2[C@@H](C)O. The first-order valence-electron chi connectivity index (χ1n) is 10.4. The van der Waals surface area contributed by atoms with E-state index in [0.29, 0.717) is 11.3 Å². The van der Waals surface area contributed by atoms with Crippen LogP contribution in [0, 0.1) is 40.4 Å². The summed E-state index contributed by atoms with van der Waals surface area (Å²) in [4.78, 5) is 0. The van der Waals surface area contributed by atoms with Gasteiger partial charge in [-0.1, -0.05) is 13.0 Å². The van der Waals surface area contributed by atoms with Crippen LogP contribution in [0.2, 0.25) is 0 Å². The average Bonchev–Trinajstić information content (AvgIpc) is 2.95. The van der Waals surface area contributed by atoms with Gasteiger partial charge in [0.25, 0.3) is 0 Å². The summed E-state index contributed by atoms with van der Waals surface area (Å²) in [5, 5.41) is 20.5. The summed E-state index contributed by atoms with van der Waals surface area (Å²) in [6.07, 6.45) is 12.9. The zero-order valence-electron chi connectivity index (χ0n) is 15.6. The highest BCUT2D eigenvalue weighted by Gasteiger charge is 2.61. The van der Waals surface area contributed by atoms with Crippen LogP contribution in [0.4, 0.5) is 0 Å². The van der Waals surface area contributed by atoms with Crippen LogP contribution >= 0.6 is 0 Å². The number of fused-ring (bicyclic) bond motifs is 5. The van der Waals surface area contributed by atoms with Crippen LogP contribution in [0.3, 0.4) is 0 Å². The van der Waals surface area contributed by atoms with E-state index in [-0.39, 0.29) is 17.6 Å². The lowest BCUT2D eigenvalue weighted by Gasteiger charge is -2.61. The third kappa shape index (κ3) is 2.21. The summed E-state index contributed by atoms with van der Waals surface area (Å²) in [7, 11) is 0. The zero-order chi connectivity index (χ0) is 17.1. The van der Waals surface area contributed by atoms with E-state index < -0.39 is 0 Å². The summed E-state index contributed by atoms with van der Waals surface area (Å²) in [5.41, 5.74) is 0.630. The Morgan fingerprint density at radius 1 is 1.04 bits per heavy atom. The van der Waals surface area contributed by atoms with E-state index in [0.717, 1.165) is 36.5 Å². The molecule has 0 aromatic carbocycles. The Hall–Kier alpha value is -0.340. The second-order valence-corrected chi connectivity index (χ2v) is 9.86. The standard InChI is InChI=1S/C22H36O2/c1-4-22-12-10-19-17(20(22)8-7-18(22)14(2)23)6-5-15-13-16(24)9-11-21(15,19)3/h4,14-20,23-24H,1,5-13H2,2-3H3/t14-,15+,16-,17-,18?,19+,20+,21+,22-/m1/s1. The van der Waals surface area contributed by atoms with Gasteiger partial charge in [-0.05, 0) is 105 Å². The maximum Gasteiger partial charge on any atom is 0.0548 e. The molecule has 0 aromatic rings. The van der Waals surface area contributed by atoms with Gasteiger partial charge in [0.2, 0.25) is 0 Å². The number of hydrogen-bond acceptors (Lipinski definition) is 2. The smallest absolute Gasteiger partial charge is 0.0548 e. The third-order valence-corrected chi connectivity index (χ3v) is 9.25. The molecule has 0 saturated heterocycles. The molecule has 0 spiro atoms. The number of rotatable bonds is 2. The fourth-order valence-electron chi connectivity index (χ4n) is 8.10. The first-order chi connectivity index (χ1) is 11.4. The Kier molecular flexibility index (Phi) is 4.16.